The normalized spacial score (nSPS) is 17.5. The molecule has 1 saturated heterocycles. The van der Waals surface area contributed by atoms with Crippen LogP contribution >= 0.6 is 11.7 Å². The zero-order chi connectivity index (χ0) is 15.5. The topological polar surface area (TPSA) is 64.5 Å². The van der Waals surface area contributed by atoms with Crippen LogP contribution in [0.4, 0.5) is 0 Å². The van der Waals surface area contributed by atoms with E-state index in [9.17, 15) is 4.79 Å². The standard InChI is InChI=1S/C15H17N3O3S/c1-20-10-5-6-11(14(8-10)21-2)13-4-3-7-18(13)15(19)12-9-16-22-17-12/h5-6,8-9,13H,3-4,7H2,1-2H3. The summed E-state index contributed by atoms with van der Waals surface area (Å²) in [6.45, 7) is 0.718. The minimum Gasteiger partial charge on any atom is -0.497 e. The van der Waals surface area contributed by atoms with Gasteiger partial charge in [-0.25, -0.2) is 0 Å². The van der Waals surface area contributed by atoms with E-state index in [0.717, 1.165) is 48.2 Å². The van der Waals surface area contributed by atoms with Gasteiger partial charge in [-0.3, -0.25) is 4.79 Å². The van der Waals surface area contributed by atoms with Crippen LogP contribution < -0.4 is 9.47 Å². The Bertz CT molecular complexity index is 660. The lowest BCUT2D eigenvalue weighted by Gasteiger charge is -2.25. The molecule has 6 nitrogen and oxygen atoms in total. The third kappa shape index (κ3) is 2.64. The molecule has 0 radical (unpaired) electrons. The average molecular weight is 319 g/mol. The molecular formula is C15H17N3O3S. The summed E-state index contributed by atoms with van der Waals surface area (Å²) in [7, 11) is 3.25. The maximum absolute atomic E-state index is 12.6. The van der Waals surface area contributed by atoms with Gasteiger partial charge in [0.2, 0.25) is 0 Å². The Balaban J connectivity index is 1.91. The first-order valence-corrected chi connectivity index (χ1v) is 7.78. The van der Waals surface area contributed by atoms with Gasteiger partial charge in [-0.1, -0.05) is 0 Å². The summed E-state index contributed by atoms with van der Waals surface area (Å²) in [4.78, 5) is 14.4. The van der Waals surface area contributed by atoms with E-state index < -0.39 is 0 Å². The zero-order valence-electron chi connectivity index (χ0n) is 12.5. The molecule has 2 heterocycles. The van der Waals surface area contributed by atoms with Crippen LogP contribution in [0.3, 0.4) is 0 Å². The highest BCUT2D eigenvalue weighted by atomic mass is 32.1. The van der Waals surface area contributed by atoms with E-state index >= 15 is 0 Å². The SMILES string of the molecule is COc1ccc(C2CCCN2C(=O)c2cnsn2)c(OC)c1. The molecule has 1 fully saturated rings. The number of carbonyl (C=O) groups excluding carboxylic acids is 1. The van der Waals surface area contributed by atoms with Crippen molar-refractivity contribution < 1.29 is 14.3 Å². The van der Waals surface area contributed by atoms with Gasteiger partial charge in [0.25, 0.3) is 5.91 Å². The van der Waals surface area contributed by atoms with E-state index in [2.05, 4.69) is 8.75 Å². The molecule has 1 amide bonds. The molecule has 0 aliphatic carbocycles. The lowest BCUT2D eigenvalue weighted by Crippen LogP contribution is -2.31. The van der Waals surface area contributed by atoms with Crippen LogP contribution in [0.15, 0.2) is 24.4 Å². The molecule has 1 aromatic carbocycles. The smallest absolute Gasteiger partial charge is 0.275 e. The summed E-state index contributed by atoms with van der Waals surface area (Å²) in [6.07, 6.45) is 3.39. The Kier molecular flexibility index (Phi) is 4.24. The van der Waals surface area contributed by atoms with Crippen molar-refractivity contribution in [3.63, 3.8) is 0 Å². The van der Waals surface area contributed by atoms with Crippen molar-refractivity contribution in [1.29, 1.82) is 0 Å². The van der Waals surface area contributed by atoms with Crippen molar-refractivity contribution in [2.45, 2.75) is 18.9 Å². The van der Waals surface area contributed by atoms with Crippen LogP contribution in [0.2, 0.25) is 0 Å². The van der Waals surface area contributed by atoms with Gasteiger partial charge in [-0.05, 0) is 25.0 Å². The monoisotopic (exact) mass is 319 g/mol. The highest BCUT2D eigenvalue weighted by Crippen LogP contribution is 2.39. The fourth-order valence-electron chi connectivity index (χ4n) is 2.83. The van der Waals surface area contributed by atoms with Gasteiger partial charge in [0.05, 0.1) is 38.2 Å². The summed E-state index contributed by atoms with van der Waals surface area (Å²) >= 11 is 1.05. The highest BCUT2D eigenvalue weighted by molar-refractivity contribution is 6.99. The summed E-state index contributed by atoms with van der Waals surface area (Å²) < 4.78 is 18.7. The molecule has 1 atom stereocenters. The van der Waals surface area contributed by atoms with Crippen LogP contribution in [0.5, 0.6) is 11.5 Å². The Morgan fingerprint density at radius 1 is 1.36 bits per heavy atom. The molecule has 0 bridgehead atoms. The summed E-state index contributed by atoms with van der Waals surface area (Å²) in [6, 6.07) is 5.70. The first-order valence-electron chi connectivity index (χ1n) is 7.05. The number of nitrogens with zero attached hydrogens (tertiary/aromatic N) is 3. The number of amides is 1. The van der Waals surface area contributed by atoms with Crippen molar-refractivity contribution in [2.24, 2.45) is 0 Å². The van der Waals surface area contributed by atoms with E-state index in [1.807, 2.05) is 23.1 Å². The van der Waals surface area contributed by atoms with Crippen molar-refractivity contribution in [1.82, 2.24) is 13.6 Å². The van der Waals surface area contributed by atoms with E-state index in [0.29, 0.717) is 5.69 Å². The van der Waals surface area contributed by atoms with Crippen LogP contribution in [-0.4, -0.2) is 40.3 Å². The minimum absolute atomic E-state index is 0.00458. The van der Waals surface area contributed by atoms with Crippen molar-refractivity contribution in [2.75, 3.05) is 20.8 Å². The lowest BCUT2D eigenvalue weighted by atomic mass is 10.0. The molecule has 1 aliphatic heterocycles. The number of aromatic nitrogens is 2. The van der Waals surface area contributed by atoms with Gasteiger partial charge in [-0.15, -0.1) is 0 Å². The Morgan fingerprint density at radius 3 is 2.91 bits per heavy atom. The third-order valence-electron chi connectivity index (χ3n) is 3.89. The molecule has 1 aromatic heterocycles. The van der Waals surface area contributed by atoms with E-state index in [1.54, 1.807) is 14.2 Å². The van der Waals surface area contributed by atoms with Gasteiger partial charge >= 0.3 is 0 Å². The third-order valence-corrected chi connectivity index (χ3v) is 4.37. The number of methoxy groups -OCH3 is 2. The van der Waals surface area contributed by atoms with Gasteiger partial charge < -0.3 is 14.4 Å². The maximum atomic E-state index is 12.6. The number of ether oxygens (including phenoxy) is 2. The fourth-order valence-corrected chi connectivity index (χ4v) is 3.24. The van der Waals surface area contributed by atoms with E-state index in [-0.39, 0.29) is 11.9 Å². The lowest BCUT2D eigenvalue weighted by molar-refractivity contribution is 0.0729. The van der Waals surface area contributed by atoms with Gasteiger partial charge in [0.1, 0.15) is 11.5 Å². The van der Waals surface area contributed by atoms with Crippen LogP contribution in [0.25, 0.3) is 0 Å². The molecule has 3 rings (SSSR count). The second kappa shape index (κ2) is 6.31. The predicted octanol–water partition coefficient (Wildman–Crippen LogP) is 2.53. The molecule has 1 unspecified atom stereocenters. The molecule has 116 valence electrons. The summed E-state index contributed by atoms with van der Waals surface area (Å²) in [5.41, 5.74) is 1.40. The molecule has 0 N–H and O–H groups in total. The quantitative estimate of drug-likeness (QED) is 0.866. The molecule has 2 aromatic rings. The van der Waals surface area contributed by atoms with Crippen LogP contribution in [-0.2, 0) is 0 Å². The van der Waals surface area contributed by atoms with Gasteiger partial charge in [0, 0.05) is 18.2 Å². The number of hydrogen-bond donors (Lipinski definition) is 0. The van der Waals surface area contributed by atoms with Crippen molar-refractivity contribution >= 4 is 17.6 Å². The molecule has 0 saturated carbocycles. The largest absolute Gasteiger partial charge is 0.497 e. The zero-order valence-corrected chi connectivity index (χ0v) is 13.3. The van der Waals surface area contributed by atoms with Crippen molar-refractivity contribution in [3.05, 3.63) is 35.7 Å². The predicted molar refractivity (Wildman–Crippen MR) is 82.5 cm³/mol. The molecular weight excluding hydrogens is 302 g/mol. The maximum Gasteiger partial charge on any atom is 0.275 e. The highest BCUT2D eigenvalue weighted by Gasteiger charge is 2.33. The molecule has 1 aliphatic rings. The van der Waals surface area contributed by atoms with E-state index in [4.69, 9.17) is 9.47 Å². The average Bonchev–Trinajstić information content (AvgIpc) is 3.24. The first-order chi connectivity index (χ1) is 10.7. The summed E-state index contributed by atoms with van der Waals surface area (Å²) in [5.74, 6) is 1.40. The van der Waals surface area contributed by atoms with E-state index in [1.165, 1.54) is 6.20 Å². The fraction of sp³-hybridized carbons (Fsp3) is 0.400. The number of carbonyl (C=O) groups is 1. The van der Waals surface area contributed by atoms with Gasteiger partial charge in [0.15, 0.2) is 5.69 Å². The number of likely N-dealkylation sites (tertiary alicyclic amines) is 1. The van der Waals surface area contributed by atoms with Crippen molar-refractivity contribution in [3.8, 4) is 11.5 Å². The molecule has 22 heavy (non-hydrogen) atoms. The molecule has 0 spiro atoms. The Hall–Kier alpha value is -2.15. The Morgan fingerprint density at radius 2 is 2.23 bits per heavy atom. The second-order valence-electron chi connectivity index (χ2n) is 5.06. The van der Waals surface area contributed by atoms with Crippen LogP contribution in [0.1, 0.15) is 34.9 Å². The summed E-state index contributed by atoms with van der Waals surface area (Å²) in [5, 5.41) is 0. The van der Waals surface area contributed by atoms with Gasteiger partial charge in [-0.2, -0.15) is 8.75 Å². The number of rotatable bonds is 4. The Labute approximate surface area is 133 Å². The number of benzene rings is 1. The first kappa shape index (κ1) is 14.8. The minimum atomic E-state index is -0.0749. The molecule has 7 heteroatoms. The number of hydrogen-bond acceptors (Lipinski definition) is 6. The van der Waals surface area contributed by atoms with Crippen LogP contribution in [0, 0.1) is 0 Å². The second-order valence-corrected chi connectivity index (χ2v) is 5.61.